The number of benzene rings is 4. The van der Waals surface area contributed by atoms with Gasteiger partial charge in [0.25, 0.3) is 0 Å². The zero-order valence-corrected chi connectivity index (χ0v) is 30.9. The summed E-state index contributed by atoms with van der Waals surface area (Å²) in [6, 6.07) is 30.6. The molecular weight excluding hydrogens is 680 g/mol. The summed E-state index contributed by atoms with van der Waals surface area (Å²) < 4.78 is 34.9. The lowest BCUT2D eigenvalue weighted by atomic mass is 9.85. The SMILES string of the molecule is COc1cc(OC)cc(C2=CC(=CC3=C(O)C(=Cc4cc(-c5cccc(C)c5)[o+]c(-c5cc(OC)cc(OC)c5)c4)C3=O)C=C(c3cccc(C)c3)O2)c1. The van der Waals surface area contributed by atoms with Gasteiger partial charge < -0.3 is 28.8 Å². The number of rotatable bonds is 10. The van der Waals surface area contributed by atoms with Crippen molar-refractivity contribution in [3.05, 3.63) is 166 Å². The van der Waals surface area contributed by atoms with Crippen LogP contribution in [0.15, 0.2) is 142 Å². The number of allylic oxidation sites excluding steroid dienone is 6. The highest BCUT2D eigenvalue weighted by atomic mass is 16.5. The Labute approximate surface area is 314 Å². The third-order valence-corrected chi connectivity index (χ3v) is 9.13. The van der Waals surface area contributed by atoms with Crippen molar-refractivity contribution in [2.75, 3.05) is 28.4 Å². The van der Waals surface area contributed by atoms with E-state index in [2.05, 4.69) is 0 Å². The Kier molecular flexibility index (Phi) is 9.92. The molecule has 54 heavy (non-hydrogen) atoms. The maximum absolute atomic E-state index is 13.8. The van der Waals surface area contributed by atoms with Gasteiger partial charge in [-0.25, -0.2) is 4.42 Å². The smallest absolute Gasteiger partial charge is 0.361 e. The summed E-state index contributed by atoms with van der Waals surface area (Å²) >= 11 is 0. The molecule has 1 aliphatic carbocycles. The summed E-state index contributed by atoms with van der Waals surface area (Å²) in [4.78, 5) is 13.8. The molecule has 0 amide bonds. The molecule has 0 saturated heterocycles. The number of hydrogen-bond acceptors (Lipinski definition) is 7. The first-order valence-corrected chi connectivity index (χ1v) is 17.3. The predicted octanol–water partition coefficient (Wildman–Crippen LogP) is 10.4. The van der Waals surface area contributed by atoms with Gasteiger partial charge in [0.05, 0.1) is 62.8 Å². The van der Waals surface area contributed by atoms with Crippen molar-refractivity contribution in [2.45, 2.75) is 13.8 Å². The molecule has 0 fully saturated rings. The van der Waals surface area contributed by atoms with E-state index in [1.54, 1.807) is 52.7 Å². The zero-order chi connectivity index (χ0) is 37.9. The molecule has 8 heteroatoms. The monoisotopic (exact) mass is 719 g/mol. The van der Waals surface area contributed by atoms with Crippen molar-refractivity contribution in [2.24, 2.45) is 0 Å². The van der Waals surface area contributed by atoms with E-state index in [1.807, 2.05) is 111 Å². The fraction of sp³-hybridized carbons (Fsp3) is 0.130. The second-order valence-electron chi connectivity index (χ2n) is 13.0. The second-order valence-corrected chi connectivity index (χ2v) is 13.0. The van der Waals surface area contributed by atoms with E-state index in [0.29, 0.717) is 57.2 Å². The second kappa shape index (κ2) is 15.0. The molecule has 0 spiro atoms. The van der Waals surface area contributed by atoms with Crippen LogP contribution in [-0.2, 0) is 9.53 Å². The lowest BCUT2D eigenvalue weighted by Crippen LogP contribution is -2.21. The van der Waals surface area contributed by atoms with E-state index in [0.717, 1.165) is 33.4 Å². The molecule has 1 aromatic heterocycles. The number of ether oxygens (including phenoxy) is 5. The summed E-state index contributed by atoms with van der Waals surface area (Å²) in [6.45, 7) is 4.02. The van der Waals surface area contributed by atoms with E-state index < -0.39 is 0 Å². The quantitative estimate of drug-likeness (QED) is 0.113. The number of hydrogen-bond donors (Lipinski definition) is 1. The molecule has 2 heterocycles. The maximum Gasteiger partial charge on any atom is 0.361 e. The van der Waals surface area contributed by atoms with Crippen molar-refractivity contribution in [1.82, 2.24) is 0 Å². The molecule has 8 nitrogen and oxygen atoms in total. The number of ketones is 1. The largest absolute Gasteiger partial charge is 0.506 e. The van der Waals surface area contributed by atoms with Crippen molar-refractivity contribution in [3.8, 4) is 45.6 Å². The van der Waals surface area contributed by atoms with Gasteiger partial charge in [-0.1, -0.05) is 41.5 Å². The number of aliphatic hydroxyl groups is 1. The van der Waals surface area contributed by atoms with Crippen LogP contribution in [0.5, 0.6) is 23.0 Å². The first-order valence-electron chi connectivity index (χ1n) is 17.3. The van der Waals surface area contributed by atoms with Gasteiger partial charge in [0.1, 0.15) is 40.3 Å². The van der Waals surface area contributed by atoms with Crippen LogP contribution in [0, 0.1) is 13.8 Å². The zero-order valence-electron chi connectivity index (χ0n) is 30.9. The molecule has 4 aromatic carbocycles. The lowest BCUT2D eigenvalue weighted by molar-refractivity contribution is -0.113. The number of aliphatic hydroxyl groups excluding tert-OH is 1. The average molecular weight is 720 g/mol. The summed E-state index contributed by atoms with van der Waals surface area (Å²) in [5.41, 5.74) is 7.01. The normalized spacial score (nSPS) is 15.3. The highest BCUT2D eigenvalue weighted by molar-refractivity contribution is 6.23. The van der Waals surface area contributed by atoms with E-state index >= 15 is 0 Å². The molecule has 0 unspecified atom stereocenters. The van der Waals surface area contributed by atoms with Crippen molar-refractivity contribution in [3.63, 3.8) is 0 Å². The average Bonchev–Trinajstić information content (AvgIpc) is 3.21. The molecule has 1 N–H and O–H groups in total. The van der Waals surface area contributed by atoms with Crippen LogP contribution in [0.2, 0.25) is 0 Å². The Morgan fingerprint density at radius 1 is 0.593 bits per heavy atom. The predicted molar refractivity (Wildman–Crippen MR) is 210 cm³/mol. The number of carbonyl (C=O) groups is 1. The number of Topliss-reactive ketones (excluding diaryl/α,β-unsaturated/α-hetero) is 1. The molecule has 1 aliphatic heterocycles. The first-order chi connectivity index (χ1) is 26.1. The molecule has 0 saturated carbocycles. The van der Waals surface area contributed by atoms with Crippen LogP contribution >= 0.6 is 0 Å². The van der Waals surface area contributed by atoms with Crippen LogP contribution in [-0.4, -0.2) is 39.3 Å². The number of aryl methyl sites for hydroxylation is 2. The standard InChI is InChI=1S/C46H38O8/c1-27-9-7-11-31(13-27)41-17-29(19-43(53-41)33-21-35(49-3)25-36(22-33)50-4)15-39-45(47)40(46(39)48)16-30-18-42(32-12-8-10-28(2)14-32)54-44(20-30)34-23-37(51-5)26-38(24-34)52-6/h7-26H,1-6H3/p+1. The number of methoxy groups -OCH3 is 4. The highest BCUT2D eigenvalue weighted by Gasteiger charge is 2.33. The van der Waals surface area contributed by atoms with Crippen LogP contribution in [0.25, 0.3) is 40.2 Å². The third kappa shape index (κ3) is 7.41. The van der Waals surface area contributed by atoms with Crippen LogP contribution in [0.4, 0.5) is 0 Å². The van der Waals surface area contributed by atoms with Gasteiger partial charge in [0.2, 0.25) is 5.78 Å². The van der Waals surface area contributed by atoms with Crippen LogP contribution in [0.1, 0.15) is 27.8 Å². The van der Waals surface area contributed by atoms with E-state index in [1.165, 1.54) is 0 Å². The summed E-state index contributed by atoms with van der Waals surface area (Å²) in [5, 5.41) is 11.4. The fourth-order valence-corrected chi connectivity index (χ4v) is 6.32. The molecule has 5 aromatic rings. The Morgan fingerprint density at radius 2 is 1.09 bits per heavy atom. The Morgan fingerprint density at radius 3 is 1.63 bits per heavy atom. The Balaban J connectivity index is 1.31. The maximum atomic E-state index is 13.8. The van der Waals surface area contributed by atoms with Gasteiger partial charge in [-0.2, -0.15) is 0 Å². The van der Waals surface area contributed by atoms with E-state index in [-0.39, 0.29) is 22.7 Å². The Hall–Kier alpha value is -6.80. The van der Waals surface area contributed by atoms with Gasteiger partial charge in [-0.15, -0.1) is 0 Å². The van der Waals surface area contributed by atoms with Gasteiger partial charge in [0, 0.05) is 23.3 Å². The van der Waals surface area contributed by atoms with E-state index in [9.17, 15) is 9.90 Å². The van der Waals surface area contributed by atoms with Crippen molar-refractivity contribution >= 4 is 23.4 Å². The van der Waals surface area contributed by atoms with Crippen LogP contribution < -0.4 is 18.9 Å². The van der Waals surface area contributed by atoms with Gasteiger partial charge in [-0.05, 0) is 91.8 Å². The first kappa shape index (κ1) is 35.6. The summed E-state index contributed by atoms with van der Waals surface area (Å²) in [5.74, 6) is 4.23. The molecule has 7 rings (SSSR count). The number of carbonyl (C=O) groups excluding carboxylic acids is 1. The molecule has 2 aliphatic rings. The molecule has 0 atom stereocenters. The molecule has 0 radical (unpaired) electrons. The summed E-state index contributed by atoms with van der Waals surface area (Å²) in [6.07, 6.45) is 7.03. The molecule has 270 valence electrons. The van der Waals surface area contributed by atoms with Crippen LogP contribution in [0.3, 0.4) is 0 Å². The van der Waals surface area contributed by atoms with Crippen molar-refractivity contribution < 1.29 is 38.0 Å². The van der Waals surface area contributed by atoms with Crippen molar-refractivity contribution in [1.29, 1.82) is 0 Å². The minimum absolute atomic E-state index is 0.106. The minimum Gasteiger partial charge on any atom is -0.506 e. The highest BCUT2D eigenvalue weighted by Crippen LogP contribution is 2.39. The van der Waals surface area contributed by atoms with Gasteiger partial charge in [0.15, 0.2) is 0 Å². The van der Waals surface area contributed by atoms with E-state index in [4.69, 9.17) is 28.1 Å². The van der Waals surface area contributed by atoms with Gasteiger partial charge >= 0.3 is 11.5 Å². The molecule has 0 bridgehead atoms. The lowest BCUT2D eigenvalue weighted by Gasteiger charge is -2.22. The summed E-state index contributed by atoms with van der Waals surface area (Å²) in [7, 11) is 6.35. The molecular formula is C46H39O8+. The third-order valence-electron chi connectivity index (χ3n) is 9.13. The van der Waals surface area contributed by atoms with Gasteiger partial charge in [-0.3, -0.25) is 4.79 Å². The fourth-order valence-electron chi connectivity index (χ4n) is 6.32. The minimum atomic E-state index is -0.294. The topological polar surface area (TPSA) is 94.8 Å². The Bertz CT molecular complexity index is 2420.